The molecule has 2 fully saturated rings. The number of hydrogen-bond donors (Lipinski definition) is 0. The maximum Gasteiger partial charge on any atom is 0.339 e. The highest BCUT2D eigenvalue weighted by Crippen LogP contribution is 2.58. The van der Waals surface area contributed by atoms with Crippen LogP contribution in [0, 0.1) is 5.41 Å². The standard InChI is InChI=1S/C15H18ClNO3/c1-2-19-11-8-12(15(11)6-3-7-15)20-14(18)10-4-5-13(16)17-9-10/h4-5,9,11-12H,2-3,6-8H2,1H3. The molecule has 0 aromatic carbocycles. The fraction of sp³-hybridized carbons (Fsp3) is 0.600. The van der Waals surface area contributed by atoms with Crippen molar-refractivity contribution in [3.8, 4) is 0 Å². The van der Waals surface area contributed by atoms with E-state index in [-0.39, 0.29) is 23.6 Å². The Morgan fingerprint density at radius 3 is 2.80 bits per heavy atom. The van der Waals surface area contributed by atoms with E-state index in [2.05, 4.69) is 4.98 Å². The molecule has 2 saturated carbocycles. The van der Waals surface area contributed by atoms with Crippen LogP contribution in [-0.2, 0) is 9.47 Å². The molecular formula is C15H18ClNO3. The van der Waals surface area contributed by atoms with E-state index >= 15 is 0 Å². The maximum absolute atomic E-state index is 12.1. The molecule has 1 aromatic rings. The molecule has 0 N–H and O–H groups in total. The molecule has 2 unspecified atom stereocenters. The lowest BCUT2D eigenvalue weighted by Gasteiger charge is -2.59. The first kappa shape index (κ1) is 13.8. The molecule has 3 rings (SSSR count). The molecule has 0 saturated heterocycles. The van der Waals surface area contributed by atoms with E-state index in [1.54, 1.807) is 12.1 Å². The predicted octanol–water partition coefficient (Wildman–Crippen LogP) is 3.24. The third-order valence-corrected chi connectivity index (χ3v) is 4.80. The molecule has 0 radical (unpaired) electrons. The molecule has 2 atom stereocenters. The smallest absolute Gasteiger partial charge is 0.339 e. The summed E-state index contributed by atoms with van der Waals surface area (Å²) in [6, 6.07) is 3.24. The second-order valence-corrected chi connectivity index (χ2v) is 5.92. The Balaban J connectivity index is 1.64. The number of nitrogens with zero attached hydrogens (tertiary/aromatic N) is 1. The minimum Gasteiger partial charge on any atom is -0.458 e. The number of esters is 1. The van der Waals surface area contributed by atoms with Gasteiger partial charge in [0.2, 0.25) is 0 Å². The van der Waals surface area contributed by atoms with Crippen molar-refractivity contribution >= 4 is 17.6 Å². The predicted molar refractivity (Wildman–Crippen MR) is 74.8 cm³/mol. The summed E-state index contributed by atoms with van der Waals surface area (Å²) in [4.78, 5) is 16.0. The highest BCUT2D eigenvalue weighted by atomic mass is 35.5. The molecule has 1 heterocycles. The monoisotopic (exact) mass is 295 g/mol. The van der Waals surface area contributed by atoms with Gasteiger partial charge in [-0.1, -0.05) is 18.0 Å². The van der Waals surface area contributed by atoms with Gasteiger partial charge in [0.1, 0.15) is 11.3 Å². The lowest BCUT2D eigenvalue weighted by Crippen LogP contribution is -2.63. The van der Waals surface area contributed by atoms with Gasteiger partial charge in [-0.2, -0.15) is 0 Å². The number of pyridine rings is 1. The Morgan fingerprint density at radius 2 is 2.25 bits per heavy atom. The summed E-state index contributed by atoms with van der Waals surface area (Å²) in [5, 5.41) is 0.372. The van der Waals surface area contributed by atoms with Crippen LogP contribution >= 0.6 is 11.6 Å². The molecule has 4 nitrogen and oxygen atoms in total. The van der Waals surface area contributed by atoms with Crippen LogP contribution in [0.4, 0.5) is 0 Å². The summed E-state index contributed by atoms with van der Waals surface area (Å²) in [5.41, 5.74) is 0.523. The zero-order valence-corrected chi connectivity index (χ0v) is 12.2. The highest BCUT2D eigenvalue weighted by molar-refractivity contribution is 6.29. The summed E-state index contributed by atoms with van der Waals surface area (Å²) in [6.45, 7) is 2.72. The summed E-state index contributed by atoms with van der Waals surface area (Å²) < 4.78 is 11.4. The SMILES string of the molecule is CCOC1CC(OC(=O)c2ccc(Cl)nc2)C12CCC2. The number of carbonyl (C=O) groups excluding carboxylic acids is 1. The van der Waals surface area contributed by atoms with Crippen molar-refractivity contribution in [3.05, 3.63) is 29.0 Å². The first-order chi connectivity index (χ1) is 9.65. The van der Waals surface area contributed by atoms with Crippen molar-refractivity contribution in [2.24, 2.45) is 5.41 Å². The van der Waals surface area contributed by atoms with Gasteiger partial charge < -0.3 is 9.47 Å². The molecule has 0 bridgehead atoms. The number of carbonyl (C=O) groups is 1. The van der Waals surface area contributed by atoms with Gasteiger partial charge in [0.15, 0.2) is 0 Å². The summed E-state index contributed by atoms with van der Waals surface area (Å²) in [7, 11) is 0. The van der Waals surface area contributed by atoms with E-state index in [1.165, 1.54) is 12.6 Å². The van der Waals surface area contributed by atoms with Gasteiger partial charge >= 0.3 is 5.97 Å². The Hall–Kier alpha value is -1.13. The van der Waals surface area contributed by atoms with Gasteiger partial charge in [-0.15, -0.1) is 0 Å². The number of hydrogen-bond acceptors (Lipinski definition) is 4. The molecule has 108 valence electrons. The normalized spacial score (nSPS) is 26.7. The van der Waals surface area contributed by atoms with Crippen LogP contribution in [0.25, 0.3) is 0 Å². The zero-order chi connectivity index (χ0) is 14.2. The van der Waals surface area contributed by atoms with Crippen molar-refractivity contribution in [2.75, 3.05) is 6.61 Å². The molecule has 2 aliphatic carbocycles. The highest BCUT2D eigenvalue weighted by Gasteiger charge is 2.61. The Labute approximate surface area is 123 Å². The van der Waals surface area contributed by atoms with Crippen molar-refractivity contribution < 1.29 is 14.3 Å². The first-order valence-corrected chi connectivity index (χ1v) is 7.47. The zero-order valence-electron chi connectivity index (χ0n) is 11.5. The first-order valence-electron chi connectivity index (χ1n) is 7.10. The third kappa shape index (κ3) is 2.21. The van der Waals surface area contributed by atoms with Crippen LogP contribution in [0.5, 0.6) is 0 Å². The van der Waals surface area contributed by atoms with E-state index in [9.17, 15) is 4.79 Å². The second kappa shape index (κ2) is 5.34. The Morgan fingerprint density at radius 1 is 1.45 bits per heavy atom. The third-order valence-electron chi connectivity index (χ3n) is 4.58. The average molecular weight is 296 g/mol. The van der Waals surface area contributed by atoms with Crippen LogP contribution in [-0.4, -0.2) is 29.8 Å². The van der Waals surface area contributed by atoms with E-state index in [0.717, 1.165) is 19.3 Å². The van der Waals surface area contributed by atoms with E-state index in [1.807, 2.05) is 6.92 Å². The summed E-state index contributed by atoms with van der Waals surface area (Å²) >= 11 is 5.71. The van der Waals surface area contributed by atoms with Gasteiger partial charge in [-0.3, -0.25) is 0 Å². The lowest BCUT2D eigenvalue weighted by atomic mass is 9.52. The van der Waals surface area contributed by atoms with Crippen molar-refractivity contribution in [1.29, 1.82) is 0 Å². The molecule has 0 amide bonds. The topological polar surface area (TPSA) is 48.4 Å². The fourth-order valence-corrected chi connectivity index (χ4v) is 3.35. The van der Waals surface area contributed by atoms with Gasteiger partial charge in [0, 0.05) is 24.6 Å². The van der Waals surface area contributed by atoms with Gasteiger partial charge in [-0.25, -0.2) is 9.78 Å². The lowest BCUT2D eigenvalue weighted by molar-refractivity contribution is -0.225. The van der Waals surface area contributed by atoms with E-state index < -0.39 is 0 Å². The molecular weight excluding hydrogens is 278 g/mol. The fourth-order valence-electron chi connectivity index (χ4n) is 3.23. The summed E-state index contributed by atoms with van der Waals surface area (Å²) in [5.74, 6) is -0.319. The minimum absolute atomic E-state index is 0.0176. The number of aromatic nitrogens is 1. The quantitative estimate of drug-likeness (QED) is 0.632. The van der Waals surface area contributed by atoms with Crippen LogP contribution in [0.2, 0.25) is 5.15 Å². The van der Waals surface area contributed by atoms with Crippen LogP contribution in [0.15, 0.2) is 18.3 Å². The Bertz CT molecular complexity index is 498. The molecule has 1 aromatic heterocycles. The van der Waals surface area contributed by atoms with Gasteiger partial charge in [0.05, 0.1) is 11.7 Å². The Kier molecular flexibility index (Phi) is 3.69. The van der Waals surface area contributed by atoms with Crippen LogP contribution < -0.4 is 0 Å². The van der Waals surface area contributed by atoms with E-state index in [0.29, 0.717) is 17.3 Å². The van der Waals surface area contributed by atoms with Gasteiger partial charge in [-0.05, 0) is 31.9 Å². The molecule has 5 heteroatoms. The largest absolute Gasteiger partial charge is 0.458 e. The molecule has 0 aliphatic heterocycles. The summed E-state index contributed by atoms with van der Waals surface area (Å²) in [6.07, 6.45) is 5.87. The van der Waals surface area contributed by atoms with E-state index in [4.69, 9.17) is 21.1 Å². The number of rotatable bonds is 4. The average Bonchev–Trinajstić information content (AvgIpc) is 2.36. The van der Waals surface area contributed by atoms with Gasteiger partial charge in [0.25, 0.3) is 0 Å². The van der Waals surface area contributed by atoms with Crippen molar-refractivity contribution in [2.45, 2.75) is 44.8 Å². The molecule has 2 aliphatic rings. The molecule has 20 heavy (non-hydrogen) atoms. The number of ether oxygens (including phenoxy) is 2. The van der Waals surface area contributed by atoms with Crippen molar-refractivity contribution in [1.82, 2.24) is 4.98 Å². The molecule has 1 spiro atoms. The maximum atomic E-state index is 12.1. The van der Waals surface area contributed by atoms with Crippen LogP contribution in [0.3, 0.4) is 0 Å². The number of halogens is 1. The minimum atomic E-state index is -0.319. The second-order valence-electron chi connectivity index (χ2n) is 5.53. The van der Waals surface area contributed by atoms with Crippen molar-refractivity contribution in [3.63, 3.8) is 0 Å². The van der Waals surface area contributed by atoms with Crippen LogP contribution in [0.1, 0.15) is 43.0 Å².